The van der Waals surface area contributed by atoms with Crippen LogP contribution in [0.3, 0.4) is 0 Å². The number of carbonyl (C=O) groups excluding carboxylic acids is 1. The summed E-state index contributed by atoms with van der Waals surface area (Å²) in [5, 5.41) is 0.674. The van der Waals surface area contributed by atoms with Crippen LogP contribution in [0.2, 0.25) is 4.34 Å². The number of rotatable bonds is 9. The van der Waals surface area contributed by atoms with Crippen molar-refractivity contribution >= 4 is 65.6 Å². The highest BCUT2D eigenvalue weighted by Crippen LogP contribution is 2.34. The van der Waals surface area contributed by atoms with Gasteiger partial charge in [0.25, 0.3) is 10.0 Å². The molecule has 0 N–H and O–H groups in total. The number of carbonyl (C=O) groups is 1. The number of hydrogen-bond acceptors (Lipinski definition) is 7. The molecule has 3 heterocycles. The first-order chi connectivity index (χ1) is 16.7. The van der Waals surface area contributed by atoms with Gasteiger partial charge in [-0.25, -0.2) is 13.4 Å². The number of piperidine rings is 1. The molecule has 4 rings (SSSR count). The molecule has 1 fully saturated rings. The maximum atomic E-state index is 13.9. The van der Waals surface area contributed by atoms with E-state index in [0.29, 0.717) is 35.4 Å². The third kappa shape index (κ3) is 5.89. The maximum Gasteiger partial charge on any atom is 0.252 e. The SMILES string of the molecule is CCN(CC)CCN(C(=O)C1CCCN(S(=O)(=O)c2ccc(Cl)s2)C1)c1nc2ccc(C)cc2s1. The summed E-state index contributed by atoms with van der Waals surface area (Å²) >= 11 is 8.55. The van der Waals surface area contributed by atoms with Gasteiger partial charge in [0.05, 0.1) is 20.5 Å². The summed E-state index contributed by atoms with van der Waals surface area (Å²) in [6, 6.07) is 9.22. The number of sulfonamides is 1. The van der Waals surface area contributed by atoms with Crippen LogP contribution >= 0.6 is 34.3 Å². The van der Waals surface area contributed by atoms with Crippen molar-refractivity contribution in [2.24, 2.45) is 5.92 Å². The van der Waals surface area contributed by atoms with Gasteiger partial charge in [-0.1, -0.05) is 42.9 Å². The van der Waals surface area contributed by atoms with Crippen LogP contribution in [0, 0.1) is 12.8 Å². The van der Waals surface area contributed by atoms with Crippen LogP contribution in [0.4, 0.5) is 5.13 Å². The Bertz CT molecular complexity index is 1290. The van der Waals surface area contributed by atoms with E-state index in [2.05, 4.69) is 24.8 Å². The van der Waals surface area contributed by atoms with Crippen molar-refractivity contribution in [2.75, 3.05) is 44.2 Å². The number of likely N-dealkylation sites (N-methyl/N-ethyl adjacent to an activating group) is 1. The van der Waals surface area contributed by atoms with Crippen molar-refractivity contribution in [2.45, 2.75) is 37.8 Å². The highest BCUT2D eigenvalue weighted by Gasteiger charge is 2.36. The number of amides is 1. The molecular formula is C24H31ClN4O3S3. The van der Waals surface area contributed by atoms with Crippen molar-refractivity contribution in [3.63, 3.8) is 0 Å². The molecule has 0 bridgehead atoms. The van der Waals surface area contributed by atoms with Gasteiger partial charge in [-0.15, -0.1) is 11.3 Å². The van der Waals surface area contributed by atoms with Gasteiger partial charge in [-0.3, -0.25) is 9.69 Å². The van der Waals surface area contributed by atoms with Crippen molar-refractivity contribution in [3.05, 3.63) is 40.2 Å². The fourth-order valence-electron chi connectivity index (χ4n) is 4.36. The number of thiazole rings is 1. The summed E-state index contributed by atoms with van der Waals surface area (Å²) < 4.78 is 29.5. The summed E-state index contributed by atoms with van der Waals surface area (Å²) in [5.74, 6) is -0.476. The highest BCUT2D eigenvalue weighted by atomic mass is 35.5. The van der Waals surface area contributed by atoms with E-state index in [1.807, 2.05) is 19.1 Å². The average Bonchev–Trinajstić information content (AvgIpc) is 3.48. The largest absolute Gasteiger partial charge is 0.302 e. The fraction of sp³-hybridized carbons (Fsp3) is 0.500. The second kappa shape index (κ2) is 11.2. The second-order valence-electron chi connectivity index (χ2n) is 8.75. The number of hydrogen-bond donors (Lipinski definition) is 0. The van der Waals surface area contributed by atoms with Crippen LogP contribution in [0.15, 0.2) is 34.5 Å². The van der Waals surface area contributed by atoms with Gasteiger partial charge in [-0.05, 0) is 62.7 Å². The number of anilines is 1. The summed E-state index contributed by atoms with van der Waals surface area (Å²) in [4.78, 5) is 22.7. The monoisotopic (exact) mass is 554 g/mol. The third-order valence-corrected chi connectivity index (χ3v) is 11.0. The first-order valence-electron chi connectivity index (χ1n) is 11.9. The van der Waals surface area contributed by atoms with Crippen molar-refractivity contribution in [1.29, 1.82) is 0 Å². The Morgan fingerprint density at radius 3 is 2.63 bits per heavy atom. The Morgan fingerprint density at radius 1 is 1.17 bits per heavy atom. The summed E-state index contributed by atoms with van der Waals surface area (Å²) in [6.45, 7) is 9.88. The quantitative estimate of drug-likeness (QED) is 0.368. The number of nitrogens with zero attached hydrogens (tertiary/aromatic N) is 4. The minimum Gasteiger partial charge on any atom is -0.302 e. The molecule has 1 amide bonds. The van der Waals surface area contributed by atoms with Crippen molar-refractivity contribution in [3.8, 4) is 0 Å². The Hall–Kier alpha value is -1.56. The van der Waals surface area contributed by atoms with Crippen molar-refractivity contribution < 1.29 is 13.2 Å². The van der Waals surface area contributed by atoms with E-state index in [-0.39, 0.29) is 16.7 Å². The lowest BCUT2D eigenvalue weighted by molar-refractivity contribution is -0.123. The van der Waals surface area contributed by atoms with Gasteiger partial charge < -0.3 is 4.90 Å². The van der Waals surface area contributed by atoms with E-state index in [4.69, 9.17) is 16.6 Å². The van der Waals surface area contributed by atoms with E-state index < -0.39 is 15.9 Å². The van der Waals surface area contributed by atoms with E-state index >= 15 is 0 Å². The van der Waals surface area contributed by atoms with Crippen LogP contribution in [-0.2, 0) is 14.8 Å². The average molecular weight is 555 g/mol. The predicted octanol–water partition coefficient (Wildman–Crippen LogP) is 5.10. The lowest BCUT2D eigenvalue weighted by atomic mass is 9.98. The van der Waals surface area contributed by atoms with Crippen LogP contribution < -0.4 is 4.90 Å². The van der Waals surface area contributed by atoms with Gasteiger partial charge in [0, 0.05) is 26.2 Å². The molecule has 2 aromatic heterocycles. The number of aryl methyl sites for hydroxylation is 1. The number of fused-ring (bicyclic) bond motifs is 1. The van der Waals surface area contributed by atoms with Crippen LogP contribution in [0.5, 0.6) is 0 Å². The molecule has 0 saturated carbocycles. The van der Waals surface area contributed by atoms with Crippen LogP contribution in [0.25, 0.3) is 10.2 Å². The lowest BCUT2D eigenvalue weighted by Gasteiger charge is -2.34. The summed E-state index contributed by atoms with van der Waals surface area (Å²) in [7, 11) is -3.68. The van der Waals surface area contributed by atoms with Gasteiger partial charge >= 0.3 is 0 Å². The molecule has 35 heavy (non-hydrogen) atoms. The van der Waals surface area contributed by atoms with Gasteiger partial charge in [-0.2, -0.15) is 4.31 Å². The molecule has 1 aromatic carbocycles. The van der Waals surface area contributed by atoms with E-state index in [1.165, 1.54) is 21.7 Å². The molecule has 1 unspecified atom stereocenters. The summed E-state index contributed by atoms with van der Waals surface area (Å²) in [5.41, 5.74) is 2.02. The first-order valence-corrected chi connectivity index (χ1v) is 15.3. The third-order valence-electron chi connectivity index (χ3n) is 6.44. The predicted molar refractivity (Wildman–Crippen MR) is 145 cm³/mol. The first kappa shape index (κ1) is 26.5. The second-order valence-corrected chi connectivity index (χ2v) is 13.6. The molecule has 1 atom stereocenters. The normalized spacial score (nSPS) is 17.3. The molecule has 1 aliphatic heterocycles. The maximum absolute atomic E-state index is 13.9. The van der Waals surface area contributed by atoms with Crippen LogP contribution in [-0.4, -0.2) is 67.8 Å². The lowest BCUT2D eigenvalue weighted by Crippen LogP contribution is -2.48. The van der Waals surface area contributed by atoms with Gasteiger partial charge in [0.15, 0.2) is 5.13 Å². The zero-order valence-corrected chi connectivity index (χ0v) is 23.4. The number of halogens is 1. The Morgan fingerprint density at radius 2 is 1.94 bits per heavy atom. The molecule has 7 nitrogen and oxygen atoms in total. The van der Waals surface area contributed by atoms with Gasteiger partial charge in [0.1, 0.15) is 4.21 Å². The number of aromatic nitrogens is 1. The minimum atomic E-state index is -3.68. The molecule has 0 radical (unpaired) electrons. The molecule has 11 heteroatoms. The molecule has 0 spiro atoms. The fourth-order valence-corrected chi connectivity index (χ4v) is 8.62. The van der Waals surface area contributed by atoms with Crippen molar-refractivity contribution in [1.82, 2.24) is 14.2 Å². The number of thiophene rings is 1. The Balaban J connectivity index is 1.60. The molecule has 1 aliphatic rings. The van der Waals surface area contributed by atoms with E-state index in [9.17, 15) is 13.2 Å². The van der Waals surface area contributed by atoms with E-state index in [0.717, 1.165) is 46.8 Å². The highest BCUT2D eigenvalue weighted by molar-refractivity contribution is 7.91. The number of benzene rings is 1. The molecule has 3 aromatic rings. The molecule has 0 aliphatic carbocycles. The Kier molecular flexibility index (Phi) is 8.50. The molecule has 190 valence electrons. The zero-order chi connectivity index (χ0) is 25.2. The zero-order valence-electron chi connectivity index (χ0n) is 20.2. The minimum absolute atomic E-state index is 0.0583. The topological polar surface area (TPSA) is 73.8 Å². The standard InChI is InChI=1S/C24H31ClN4O3S3/c1-4-27(5-2)13-14-29(24-26-19-9-8-17(3)15-20(19)33-24)23(30)18-7-6-12-28(16-18)35(31,32)22-11-10-21(25)34-22/h8-11,15,18H,4-7,12-14,16H2,1-3H3. The van der Waals surface area contributed by atoms with Crippen LogP contribution in [0.1, 0.15) is 32.3 Å². The molecular weight excluding hydrogens is 524 g/mol. The molecule has 1 saturated heterocycles. The van der Waals surface area contributed by atoms with Gasteiger partial charge in [0.2, 0.25) is 5.91 Å². The summed E-state index contributed by atoms with van der Waals surface area (Å²) in [6.07, 6.45) is 1.29. The van der Waals surface area contributed by atoms with E-state index in [1.54, 1.807) is 11.0 Å². The smallest absolute Gasteiger partial charge is 0.252 e. The Labute approximate surface area is 220 Å².